The van der Waals surface area contributed by atoms with Crippen molar-refractivity contribution in [2.75, 3.05) is 12.9 Å². The number of nitrogens with one attached hydrogen (secondary N) is 1. The predicted molar refractivity (Wildman–Crippen MR) is 141 cm³/mol. The van der Waals surface area contributed by atoms with E-state index in [1.165, 1.54) is 23.8 Å². The molecule has 4 aromatic carbocycles. The zero-order chi connectivity index (χ0) is 23.6. The molecule has 0 aliphatic rings. The van der Waals surface area contributed by atoms with Crippen molar-refractivity contribution in [1.29, 1.82) is 0 Å². The first-order valence-electron chi connectivity index (χ1n) is 11.4. The highest BCUT2D eigenvalue weighted by atomic mass is 32.2. The molecule has 0 bridgehead atoms. The number of carbonyl (C=O) groups is 1. The van der Waals surface area contributed by atoms with Crippen LogP contribution in [0.3, 0.4) is 0 Å². The first-order chi connectivity index (χ1) is 16.7. The average Bonchev–Trinajstić information content (AvgIpc) is 2.92. The normalized spacial score (nSPS) is 12.1. The van der Waals surface area contributed by atoms with Gasteiger partial charge in [-0.1, -0.05) is 121 Å². The minimum atomic E-state index is -0.482. The molecule has 0 aliphatic carbocycles. The van der Waals surface area contributed by atoms with Gasteiger partial charge in [0.1, 0.15) is 6.04 Å². The van der Waals surface area contributed by atoms with Crippen LogP contribution in [0.15, 0.2) is 121 Å². The SMILES string of the molecule is COC(=O)[C@H](CSC(c1ccccc1)(c1ccccc1)c1ccccc1)NCc1ccccc1. The van der Waals surface area contributed by atoms with Crippen molar-refractivity contribution in [2.45, 2.75) is 17.3 Å². The standard InChI is InChI=1S/C30H29NO2S/c1-33-29(32)28(31-22-24-14-6-2-7-15-24)23-34-30(25-16-8-3-9-17-25,26-18-10-4-11-19-26)27-20-12-5-13-21-27/h2-21,28,31H,22-23H2,1H3/t28-/m0/s1. The van der Waals surface area contributed by atoms with Crippen molar-refractivity contribution in [3.05, 3.63) is 144 Å². The fourth-order valence-electron chi connectivity index (χ4n) is 4.17. The molecule has 3 nitrogen and oxygen atoms in total. The van der Waals surface area contributed by atoms with E-state index in [0.717, 1.165) is 5.56 Å². The molecule has 4 rings (SSSR count). The highest BCUT2D eigenvalue weighted by Gasteiger charge is 2.38. The van der Waals surface area contributed by atoms with Gasteiger partial charge in [-0.2, -0.15) is 0 Å². The largest absolute Gasteiger partial charge is 0.468 e. The minimum absolute atomic E-state index is 0.258. The molecule has 0 saturated heterocycles. The highest BCUT2D eigenvalue weighted by molar-refractivity contribution is 8.00. The lowest BCUT2D eigenvalue weighted by Gasteiger charge is -2.36. The molecule has 0 heterocycles. The Kier molecular flexibility index (Phi) is 8.18. The van der Waals surface area contributed by atoms with E-state index >= 15 is 0 Å². The summed E-state index contributed by atoms with van der Waals surface area (Å²) in [6.07, 6.45) is 0. The number of methoxy groups -OCH3 is 1. The lowest BCUT2D eigenvalue weighted by molar-refractivity contribution is -0.142. The van der Waals surface area contributed by atoms with E-state index in [-0.39, 0.29) is 5.97 Å². The van der Waals surface area contributed by atoms with E-state index in [2.05, 4.69) is 90.2 Å². The molecule has 0 amide bonds. The predicted octanol–water partition coefficient (Wildman–Crippen LogP) is 6.04. The van der Waals surface area contributed by atoms with Crippen LogP contribution in [0.25, 0.3) is 0 Å². The minimum Gasteiger partial charge on any atom is -0.468 e. The maximum atomic E-state index is 12.8. The molecule has 34 heavy (non-hydrogen) atoms. The molecular weight excluding hydrogens is 438 g/mol. The number of benzene rings is 4. The van der Waals surface area contributed by atoms with Crippen molar-refractivity contribution >= 4 is 17.7 Å². The highest BCUT2D eigenvalue weighted by Crippen LogP contribution is 2.48. The quantitative estimate of drug-likeness (QED) is 0.228. The van der Waals surface area contributed by atoms with Crippen molar-refractivity contribution < 1.29 is 9.53 Å². The van der Waals surface area contributed by atoms with Crippen LogP contribution in [-0.4, -0.2) is 24.9 Å². The summed E-state index contributed by atoms with van der Waals surface area (Å²) in [5.74, 6) is 0.282. The molecule has 1 atom stereocenters. The molecule has 4 aromatic rings. The zero-order valence-electron chi connectivity index (χ0n) is 19.3. The molecule has 4 heteroatoms. The van der Waals surface area contributed by atoms with Gasteiger partial charge in [-0.3, -0.25) is 10.1 Å². The van der Waals surface area contributed by atoms with Crippen molar-refractivity contribution in [3.63, 3.8) is 0 Å². The molecule has 172 valence electrons. The van der Waals surface area contributed by atoms with E-state index in [1.54, 1.807) is 11.8 Å². The maximum absolute atomic E-state index is 12.8. The summed E-state index contributed by atoms with van der Waals surface area (Å²) in [6, 6.07) is 41.2. The number of rotatable bonds is 10. The number of hydrogen-bond acceptors (Lipinski definition) is 4. The van der Waals surface area contributed by atoms with Crippen LogP contribution in [0, 0.1) is 0 Å². The van der Waals surface area contributed by atoms with Crippen LogP contribution in [0.5, 0.6) is 0 Å². The summed E-state index contributed by atoms with van der Waals surface area (Å²) in [5.41, 5.74) is 4.64. The third-order valence-electron chi connectivity index (χ3n) is 5.89. The smallest absolute Gasteiger partial charge is 0.323 e. The van der Waals surface area contributed by atoms with Crippen molar-refractivity contribution in [3.8, 4) is 0 Å². The van der Waals surface area contributed by atoms with E-state index < -0.39 is 10.8 Å². The Bertz CT molecular complexity index is 1050. The molecule has 0 saturated carbocycles. The third-order valence-corrected chi connectivity index (χ3v) is 7.53. The van der Waals surface area contributed by atoms with Gasteiger partial charge >= 0.3 is 5.97 Å². The van der Waals surface area contributed by atoms with Crippen LogP contribution < -0.4 is 5.32 Å². The fraction of sp³-hybridized carbons (Fsp3) is 0.167. The first-order valence-corrected chi connectivity index (χ1v) is 12.4. The monoisotopic (exact) mass is 467 g/mol. The summed E-state index contributed by atoms with van der Waals surface area (Å²) in [5, 5.41) is 3.42. The number of thioether (sulfide) groups is 1. The molecule has 0 fully saturated rings. The molecule has 0 aromatic heterocycles. The van der Waals surface area contributed by atoms with Crippen LogP contribution in [0.2, 0.25) is 0 Å². The molecule has 0 unspecified atom stereocenters. The van der Waals surface area contributed by atoms with E-state index in [9.17, 15) is 4.79 Å². The Morgan fingerprint density at radius 2 is 1.15 bits per heavy atom. The Hall–Kier alpha value is -3.34. The second kappa shape index (κ2) is 11.7. The van der Waals surface area contributed by atoms with Gasteiger partial charge in [0.25, 0.3) is 0 Å². The zero-order valence-corrected chi connectivity index (χ0v) is 20.1. The van der Waals surface area contributed by atoms with Crippen molar-refractivity contribution in [1.82, 2.24) is 5.32 Å². The van der Waals surface area contributed by atoms with E-state index in [1.807, 2.05) is 36.4 Å². The van der Waals surface area contributed by atoms with Gasteiger partial charge in [0, 0.05) is 12.3 Å². The van der Waals surface area contributed by atoms with E-state index in [0.29, 0.717) is 12.3 Å². The summed E-state index contributed by atoms with van der Waals surface area (Å²) >= 11 is 1.75. The second-order valence-electron chi connectivity index (χ2n) is 8.03. The Morgan fingerprint density at radius 1 is 0.735 bits per heavy atom. The number of esters is 1. The summed E-state index contributed by atoms with van der Waals surface area (Å²) in [7, 11) is 1.45. The Labute approximate surface area is 206 Å². The molecule has 0 spiro atoms. The molecule has 1 N–H and O–H groups in total. The summed E-state index contributed by atoms with van der Waals surface area (Å²) in [4.78, 5) is 12.8. The fourth-order valence-corrected chi connectivity index (χ4v) is 5.75. The van der Waals surface area contributed by atoms with E-state index in [4.69, 9.17) is 4.74 Å². The van der Waals surface area contributed by atoms with Crippen LogP contribution >= 0.6 is 11.8 Å². The average molecular weight is 468 g/mol. The lowest BCUT2D eigenvalue weighted by Crippen LogP contribution is -2.41. The maximum Gasteiger partial charge on any atom is 0.323 e. The van der Waals surface area contributed by atoms with Gasteiger partial charge in [0.15, 0.2) is 0 Å². The third kappa shape index (κ3) is 5.41. The van der Waals surface area contributed by atoms with Crippen molar-refractivity contribution in [2.24, 2.45) is 0 Å². The number of carbonyl (C=O) groups excluding carboxylic acids is 1. The number of ether oxygens (including phenoxy) is 1. The van der Waals surface area contributed by atoms with Gasteiger partial charge in [0.05, 0.1) is 11.9 Å². The molecular formula is C30H29NO2S. The lowest BCUT2D eigenvalue weighted by atomic mass is 9.84. The van der Waals surface area contributed by atoms with Gasteiger partial charge in [-0.25, -0.2) is 0 Å². The van der Waals surface area contributed by atoms with Gasteiger partial charge in [-0.15, -0.1) is 11.8 Å². The molecule has 0 aliphatic heterocycles. The van der Waals surface area contributed by atoms with Gasteiger partial charge < -0.3 is 4.74 Å². The van der Waals surface area contributed by atoms with Gasteiger partial charge in [0.2, 0.25) is 0 Å². The number of hydrogen-bond donors (Lipinski definition) is 1. The Morgan fingerprint density at radius 3 is 1.56 bits per heavy atom. The van der Waals surface area contributed by atoms with Crippen LogP contribution in [-0.2, 0) is 20.8 Å². The molecule has 0 radical (unpaired) electrons. The van der Waals surface area contributed by atoms with Gasteiger partial charge in [-0.05, 0) is 22.3 Å². The first kappa shape index (κ1) is 23.8. The Balaban J connectivity index is 1.72. The summed E-state index contributed by atoms with van der Waals surface area (Å²) in [6.45, 7) is 0.593. The second-order valence-corrected chi connectivity index (χ2v) is 9.27. The topological polar surface area (TPSA) is 38.3 Å². The van der Waals surface area contributed by atoms with Crippen LogP contribution in [0.4, 0.5) is 0 Å². The summed E-state index contributed by atoms with van der Waals surface area (Å²) < 4.78 is 4.69. The van der Waals surface area contributed by atoms with Crippen LogP contribution in [0.1, 0.15) is 22.3 Å².